The Balaban J connectivity index is 1.81. The third kappa shape index (κ3) is 5.72. The number of anilines is 1. The molecule has 0 spiro atoms. The first kappa shape index (κ1) is 22.1. The van der Waals surface area contributed by atoms with Crippen molar-refractivity contribution >= 4 is 56.0 Å². The number of benzene rings is 2. The number of halogens is 1. The Morgan fingerprint density at radius 1 is 1.10 bits per heavy atom. The van der Waals surface area contributed by atoms with E-state index in [1.54, 1.807) is 11.8 Å². The number of hydrogen-bond acceptors (Lipinski definition) is 5. The molecule has 1 amide bonds. The van der Waals surface area contributed by atoms with Gasteiger partial charge in [-0.3, -0.25) is 9.69 Å². The summed E-state index contributed by atoms with van der Waals surface area (Å²) < 4.78 is 0.943. The van der Waals surface area contributed by atoms with Crippen LogP contribution in [0, 0.1) is 13.8 Å². The summed E-state index contributed by atoms with van der Waals surface area (Å²) in [6.45, 7) is 5.64. The number of thioether (sulfide) groups is 1. The first-order chi connectivity index (χ1) is 13.8. The quantitative estimate of drug-likeness (QED) is 0.418. The lowest BCUT2D eigenvalue weighted by Gasteiger charge is -2.21. The van der Waals surface area contributed by atoms with Gasteiger partial charge in [-0.1, -0.05) is 46.7 Å². The van der Waals surface area contributed by atoms with E-state index in [2.05, 4.69) is 36.1 Å². The Kier molecular flexibility index (Phi) is 7.57. The zero-order valence-electron chi connectivity index (χ0n) is 17.2. The lowest BCUT2D eigenvalue weighted by molar-refractivity contribution is -0.116. The van der Waals surface area contributed by atoms with Crippen molar-refractivity contribution in [1.29, 1.82) is 0 Å². The number of carbonyl (C=O) groups excluding carboxylic acids is 1. The van der Waals surface area contributed by atoms with Crippen LogP contribution in [0.5, 0.6) is 0 Å². The van der Waals surface area contributed by atoms with E-state index in [9.17, 15) is 4.79 Å². The smallest absolute Gasteiger partial charge is 0.239 e. The number of thiazole rings is 1. The van der Waals surface area contributed by atoms with Crippen LogP contribution in [-0.2, 0) is 4.79 Å². The summed E-state index contributed by atoms with van der Waals surface area (Å²) in [5, 5.41) is 1.41. The van der Waals surface area contributed by atoms with Crippen LogP contribution in [0.2, 0.25) is 5.02 Å². The van der Waals surface area contributed by atoms with Crippen LogP contribution in [-0.4, -0.2) is 48.7 Å². The second-order valence-corrected chi connectivity index (χ2v) is 9.78. The lowest BCUT2D eigenvalue weighted by Crippen LogP contribution is -2.34. The zero-order chi connectivity index (χ0) is 21.0. The fraction of sp³-hybridized carbons (Fsp3) is 0.364. The molecule has 0 saturated carbocycles. The van der Waals surface area contributed by atoms with Crippen LogP contribution in [0.25, 0.3) is 10.2 Å². The highest BCUT2D eigenvalue weighted by atomic mass is 35.5. The van der Waals surface area contributed by atoms with Gasteiger partial charge in [0.05, 0.1) is 21.0 Å². The van der Waals surface area contributed by atoms with Gasteiger partial charge in [0.2, 0.25) is 5.91 Å². The van der Waals surface area contributed by atoms with Gasteiger partial charge in [0, 0.05) is 11.4 Å². The van der Waals surface area contributed by atoms with Crippen LogP contribution in [0.4, 0.5) is 5.13 Å². The monoisotopic (exact) mass is 447 g/mol. The molecular weight excluding hydrogens is 422 g/mol. The van der Waals surface area contributed by atoms with Crippen molar-refractivity contribution in [3.63, 3.8) is 0 Å². The zero-order valence-corrected chi connectivity index (χ0v) is 19.6. The molecule has 29 heavy (non-hydrogen) atoms. The molecule has 0 aliphatic heterocycles. The number of carbonyl (C=O) groups is 1. The fourth-order valence-electron chi connectivity index (χ4n) is 2.94. The van der Waals surface area contributed by atoms with E-state index in [1.807, 2.05) is 38.1 Å². The third-order valence-electron chi connectivity index (χ3n) is 4.59. The number of fused-ring (bicyclic) bond motifs is 1. The molecule has 4 nitrogen and oxygen atoms in total. The molecule has 3 rings (SSSR count). The van der Waals surface area contributed by atoms with E-state index in [-0.39, 0.29) is 5.91 Å². The molecule has 3 aromatic rings. The van der Waals surface area contributed by atoms with Gasteiger partial charge in [0.15, 0.2) is 5.13 Å². The number of hydrogen-bond donors (Lipinski definition) is 0. The average molecular weight is 448 g/mol. The minimum atomic E-state index is 0.0714. The fourth-order valence-corrected chi connectivity index (χ4v) is 5.07. The minimum absolute atomic E-state index is 0.0714. The van der Waals surface area contributed by atoms with E-state index in [0.717, 1.165) is 38.8 Å². The van der Waals surface area contributed by atoms with E-state index in [0.29, 0.717) is 17.3 Å². The number of amides is 1. The molecule has 0 unspecified atom stereocenters. The van der Waals surface area contributed by atoms with Gasteiger partial charge in [-0.2, -0.15) is 0 Å². The second-order valence-electron chi connectivity index (χ2n) is 7.34. The third-order valence-corrected chi connectivity index (χ3v) is 7.12. The first-order valence-corrected chi connectivity index (χ1v) is 11.7. The molecule has 0 N–H and O–H groups in total. The molecule has 0 fully saturated rings. The summed E-state index contributed by atoms with van der Waals surface area (Å²) in [5.74, 6) is 0.454. The first-order valence-electron chi connectivity index (χ1n) is 9.55. The molecular formula is C22H26ClN3OS2. The highest BCUT2D eigenvalue weighted by Gasteiger charge is 2.21. The van der Waals surface area contributed by atoms with Crippen LogP contribution in [0.15, 0.2) is 41.3 Å². The van der Waals surface area contributed by atoms with Gasteiger partial charge < -0.3 is 4.90 Å². The van der Waals surface area contributed by atoms with Crippen molar-refractivity contribution in [2.75, 3.05) is 37.8 Å². The van der Waals surface area contributed by atoms with Crippen molar-refractivity contribution in [3.05, 3.63) is 52.5 Å². The summed E-state index contributed by atoms with van der Waals surface area (Å²) in [5.41, 5.74) is 3.17. The molecule has 154 valence electrons. The van der Waals surface area contributed by atoms with Gasteiger partial charge in [-0.15, -0.1) is 11.8 Å². The molecule has 0 aliphatic carbocycles. The average Bonchev–Trinajstić information content (AvgIpc) is 3.14. The molecule has 0 atom stereocenters. The lowest BCUT2D eigenvalue weighted by atomic mass is 10.2. The molecule has 2 aromatic carbocycles. The molecule has 0 aliphatic rings. The van der Waals surface area contributed by atoms with Crippen molar-refractivity contribution in [3.8, 4) is 0 Å². The Hall–Kier alpha value is -1.60. The van der Waals surface area contributed by atoms with Crippen LogP contribution >= 0.6 is 34.7 Å². The molecule has 0 radical (unpaired) electrons. The van der Waals surface area contributed by atoms with Gasteiger partial charge in [-0.05, 0) is 64.7 Å². The maximum atomic E-state index is 13.1. The molecule has 1 heterocycles. The predicted molar refractivity (Wildman–Crippen MR) is 127 cm³/mol. The van der Waals surface area contributed by atoms with Gasteiger partial charge in [0.25, 0.3) is 0 Å². The minimum Gasteiger partial charge on any atom is -0.309 e. The summed E-state index contributed by atoms with van der Waals surface area (Å²) >= 11 is 9.44. The summed E-state index contributed by atoms with van der Waals surface area (Å²) in [7, 11) is 4.08. The molecule has 0 saturated heterocycles. The molecule has 7 heteroatoms. The summed E-state index contributed by atoms with van der Waals surface area (Å²) in [4.78, 5) is 23.0. The Morgan fingerprint density at radius 2 is 1.83 bits per heavy atom. The number of aromatic nitrogens is 1. The Labute approximate surface area is 185 Å². The highest BCUT2D eigenvalue weighted by Crippen LogP contribution is 2.36. The van der Waals surface area contributed by atoms with Crippen LogP contribution in [0.3, 0.4) is 0 Å². The normalized spacial score (nSPS) is 11.4. The topological polar surface area (TPSA) is 36.4 Å². The number of rotatable bonds is 8. The number of nitrogens with zero attached hydrogens (tertiary/aromatic N) is 3. The van der Waals surface area contributed by atoms with E-state index in [1.165, 1.54) is 16.9 Å². The summed E-state index contributed by atoms with van der Waals surface area (Å²) in [6, 6.07) is 12.1. The van der Waals surface area contributed by atoms with Crippen molar-refractivity contribution in [2.45, 2.75) is 25.2 Å². The number of aryl methyl sites for hydroxylation is 2. The largest absolute Gasteiger partial charge is 0.309 e. The van der Waals surface area contributed by atoms with E-state index in [4.69, 9.17) is 16.6 Å². The van der Waals surface area contributed by atoms with Crippen molar-refractivity contribution < 1.29 is 4.79 Å². The van der Waals surface area contributed by atoms with Gasteiger partial charge in [-0.25, -0.2) is 4.98 Å². The Bertz CT molecular complexity index is 947. The molecule has 0 bridgehead atoms. The predicted octanol–water partition coefficient (Wildman–Crippen LogP) is 5.64. The van der Waals surface area contributed by atoms with Crippen LogP contribution < -0.4 is 4.90 Å². The molecule has 1 aromatic heterocycles. The SMILES string of the molecule is Cc1ccc(SCC(=O)N(CCCN(C)C)c2nc3c(C)ccc(Cl)c3s2)cc1. The van der Waals surface area contributed by atoms with Crippen LogP contribution in [0.1, 0.15) is 17.5 Å². The van der Waals surface area contributed by atoms with Crippen molar-refractivity contribution in [1.82, 2.24) is 9.88 Å². The standard InChI is InChI=1S/C22H26ClN3OS2/c1-15-6-9-17(10-7-15)28-14-19(27)26(13-5-12-25(3)4)22-24-20-16(2)8-11-18(23)21(20)29-22/h6-11H,5,12-14H2,1-4H3. The maximum Gasteiger partial charge on any atom is 0.239 e. The van der Waals surface area contributed by atoms with Gasteiger partial charge in [0.1, 0.15) is 0 Å². The van der Waals surface area contributed by atoms with E-state index >= 15 is 0 Å². The van der Waals surface area contributed by atoms with Crippen molar-refractivity contribution in [2.24, 2.45) is 0 Å². The highest BCUT2D eigenvalue weighted by molar-refractivity contribution is 8.00. The van der Waals surface area contributed by atoms with Gasteiger partial charge >= 0.3 is 0 Å². The summed E-state index contributed by atoms with van der Waals surface area (Å²) in [6.07, 6.45) is 0.885. The van der Waals surface area contributed by atoms with E-state index < -0.39 is 0 Å². The maximum absolute atomic E-state index is 13.1. The Morgan fingerprint density at radius 3 is 2.48 bits per heavy atom. The second kappa shape index (κ2) is 9.94.